The molecule has 13 heteroatoms. The summed E-state index contributed by atoms with van der Waals surface area (Å²) in [6, 6.07) is 2.46. The van der Waals surface area contributed by atoms with Crippen LogP contribution >= 0.6 is 0 Å². The molecule has 0 spiro atoms. The summed E-state index contributed by atoms with van der Waals surface area (Å²) in [5.74, 6) is -0.835. The van der Waals surface area contributed by atoms with Gasteiger partial charge in [-0.25, -0.2) is 13.2 Å². The van der Waals surface area contributed by atoms with Crippen LogP contribution in [0.25, 0.3) is 0 Å². The molecule has 0 saturated carbocycles. The largest absolute Gasteiger partial charge is 0.444 e. The SMILES string of the molecule is C=CCON(C1C=C(C)C(C(N)=O)N(C(=O)OC(C)(C)C)C1)S(=O)(=O)c1ccccc1[N+](=O)[O-]. The number of nitro benzene ring substituents is 1. The van der Waals surface area contributed by atoms with Crippen LogP contribution in [-0.2, 0) is 24.4 Å². The zero-order valence-electron chi connectivity index (χ0n) is 19.3. The fourth-order valence-electron chi connectivity index (χ4n) is 3.40. The Morgan fingerprint density at radius 2 is 1.97 bits per heavy atom. The normalized spacial score (nSPS) is 18.9. The molecule has 0 aliphatic carbocycles. The highest BCUT2D eigenvalue weighted by Gasteiger charge is 2.43. The first-order chi connectivity index (χ1) is 15.7. The number of hydrogen-bond acceptors (Lipinski definition) is 8. The van der Waals surface area contributed by atoms with E-state index in [2.05, 4.69) is 6.58 Å². The Balaban J connectivity index is 2.60. The Labute approximate surface area is 197 Å². The minimum absolute atomic E-state index is 0.255. The summed E-state index contributed by atoms with van der Waals surface area (Å²) in [6.07, 6.45) is 1.81. The van der Waals surface area contributed by atoms with Crippen molar-refractivity contribution in [3.8, 4) is 0 Å². The maximum absolute atomic E-state index is 13.5. The molecule has 0 fully saturated rings. The van der Waals surface area contributed by atoms with Crippen molar-refractivity contribution in [2.75, 3.05) is 13.2 Å². The molecular weight excluding hydrogens is 468 g/mol. The molecule has 1 aromatic rings. The zero-order valence-corrected chi connectivity index (χ0v) is 20.1. The van der Waals surface area contributed by atoms with Crippen molar-refractivity contribution in [1.82, 2.24) is 9.37 Å². The number of amides is 2. The summed E-state index contributed by atoms with van der Waals surface area (Å²) in [4.78, 5) is 41.5. The van der Waals surface area contributed by atoms with Gasteiger partial charge in [-0.15, -0.1) is 6.58 Å². The number of primary amides is 1. The van der Waals surface area contributed by atoms with E-state index in [1.807, 2.05) is 0 Å². The van der Waals surface area contributed by atoms with Gasteiger partial charge in [-0.05, 0) is 39.3 Å². The fourth-order valence-corrected chi connectivity index (χ4v) is 4.93. The molecule has 2 unspecified atom stereocenters. The topological polar surface area (TPSA) is 162 Å². The van der Waals surface area contributed by atoms with Gasteiger partial charge in [0.05, 0.1) is 17.6 Å². The predicted octanol–water partition coefficient (Wildman–Crippen LogP) is 2.12. The number of nitrogens with two attached hydrogens (primary N) is 1. The van der Waals surface area contributed by atoms with E-state index in [0.29, 0.717) is 4.47 Å². The number of para-hydroxylation sites is 1. The average molecular weight is 497 g/mol. The van der Waals surface area contributed by atoms with Gasteiger partial charge >= 0.3 is 6.09 Å². The number of carbonyl (C=O) groups is 2. The lowest BCUT2D eigenvalue weighted by Crippen LogP contribution is -2.58. The van der Waals surface area contributed by atoms with Crippen LogP contribution in [0.4, 0.5) is 10.5 Å². The lowest BCUT2D eigenvalue weighted by atomic mass is 9.99. The average Bonchev–Trinajstić information content (AvgIpc) is 2.71. The van der Waals surface area contributed by atoms with E-state index < -0.39 is 55.2 Å². The second-order valence-corrected chi connectivity index (χ2v) is 10.2. The number of rotatable bonds is 8. The van der Waals surface area contributed by atoms with E-state index >= 15 is 0 Å². The Morgan fingerprint density at radius 1 is 1.35 bits per heavy atom. The molecule has 1 heterocycles. The molecule has 12 nitrogen and oxygen atoms in total. The van der Waals surface area contributed by atoms with Gasteiger partial charge in [-0.3, -0.25) is 24.6 Å². The van der Waals surface area contributed by atoms with Crippen molar-refractivity contribution in [3.63, 3.8) is 0 Å². The van der Waals surface area contributed by atoms with Crippen molar-refractivity contribution in [3.05, 3.63) is 58.7 Å². The van der Waals surface area contributed by atoms with Gasteiger partial charge < -0.3 is 10.5 Å². The van der Waals surface area contributed by atoms with Crippen LogP contribution in [-0.4, -0.2) is 65.5 Å². The van der Waals surface area contributed by atoms with Crippen molar-refractivity contribution < 1.29 is 32.5 Å². The smallest absolute Gasteiger partial charge is 0.411 e. The van der Waals surface area contributed by atoms with Crippen molar-refractivity contribution in [2.45, 2.75) is 50.3 Å². The molecule has 0 saturated heterocycles. The van der Waals surface area contributed by atoms with Gasteiger partial charge in [0.25, 0.3) is 15.7 Å². The molecule has 1 aliphatic heterocycles. The molecule has 0 aromatic heterocycles. The third kappa shape index (κ3) is 5.98. The highest BCUT2D eigenvalue weighted by molar-refractivity contribution is 7.89. The molecule has 1 aromatic carbocycles. The number of benzene rings is 1. The molecule has 0 bridgehead atoms. The molecule has 2 rings (SSSR count). The van der Waals surface area contributed by atoms with Crippen molar-refractivity contribution >= 4 is 27.7 Å². The van der Waals surface area contributed by atoms with Gasteiger partial charge in [0, 0.05) is 12.6 Å². The van der Waals surface area contributed by atoms with Crippen LogP contribution in [0.2, 0.25) is 0 Å². The molecule has 0 radical (unpaired) electrons. The monoisotopic (exact) mass is 496 g/mol. The highest BCUT2D eigenvalue weighted by atomic mass is 32.2. The number of hydroxylamine groups is 1. The number of hydrogen-bond donors (Lipinski definition) is 1. The predicted molar refractivity (Wildman–Crippen MR) is 122 cm³/mol. The molecule has 1 aliphatic rings. The summed E-state index contributed by atoms with van der Waals surface area (Å²) in [5, 5.41) is 11.5. The van der Waals surface area contributed by atoms with E-state index in [-0.39, 0.29) is 18.7 Å². The summed E-state index contributed by atoms with van der Waals surface area (Å²) < 4.78 is 32.9. The number of nitro groups is 1. The molecule has 34 heavy (non-hydrogen) atoms. The third-order valence-corrected chi connectivity index (χ3v) is 6.40. The van der Waals surface area contributed by atoms with Crippen LogP contribution in [0, 0.1) is 10.1 Å². The molecule has 186 valence electrons. The first kappa shape index (κ1) is 27.0. The quantitative estimate of drug-likeness (QED) is 0.325. The van der Waals surface area contributed by atoms with Crippen molar-refractivity contribution in [1.29, 1.82) is 0 Å². The summed E-state index contributed by atoms with van der Waals surface area (Å²) in [7, 11) is -4.61. The van der Waals surface area contributed by atoms with E-state index in [9.17, 15) is 28.1 Å². The molecule has 2 atom stereocenters. The summed E-state index contributed by atoms with van der Waals surface area (Å²) >= 11 is 0. The maximum Gasteiger partial charge on any atom is 0.411 e. The first-order valence-corrected chi connectivity index (χ1v) is 11.6. The van der Waals surface area contributed by atoms with E-state index in [1.54, 1.807) is 20.8 Å². The second-order valence-electron chi connectivity index (χ2n) is 8.49. The van der Waals surface area contributed by atoms with Crippen LogP contribution in [0.5, 0.6) is 0 Å². The molecule has 2 N–H and O–H groups in total. The van der Waals surface area contributed by atoms with Gasteiger partial charge in [0.1, 0.15) is 11.6 Å². The minimum atomic E-state index is -4.61. The lowest BCUT2D eigenvalue weighted by molar-refractivity contribution is -0.387. The van der Waals surface area contributed by atoms with Gasteiger partial charge in [-0.1, -0.05) is 28.8 Å². The van der Waals surface area contributed by atoms with Gasteiger partial charge in [-0.2, -0.15) is 0 Å². The minimum Gasteiger partial charge on any atom is -0.444 e. The second kappa shape index (κ2) is 10.3. The summed E-state index contributed by atoms with van der Waals surface area (Å²) in [5.41, 5.74) is 4.23. The maximum atomic E-state index is 13.5. The van der Waals surface area contributed by atoms with Crippen molar-refractivity contribution in [2.24, 2.45) is 5.73 Å². The summed E-state index contributed by atoms with van der Waals surface area (Å²) in [6.45, 7) is 9.27. The Bertz CT molecular complexity index is 1110. The number of nitrogens with zero attached hydrogens (tertiary/aromatic N) is 3. The number of sulfonamides is 1. The highest BCUT2D eigenvalue weighted by Crippen LogP contribution is 2.31. The van der Waals surface area contributed by atoms with Crippen LogP contribution in [0.1, 0.15) is 27.7 Å². The standard InChI is InChI=1S/C21H28N4O8S/c1-6-11-32-25(34(30,31)17-10-8-7-9-16(17)24(28)29)15-12-14(2)18(19(22)26)23(13-15)20(27)33-21(3,4)5/h6-10,12,15,18H,1,11,13H2,2-5H3,(H2,22,26). The number of carbonyl (C=O) groups excluding carboxylic acids is 2. The Kier molecular flexibility index (Phi) is 8.18. The molecular formula is C21H28N4O8S. The Morgan fingerprint density at radius 3 is 2.50 bits per heavy atom. The van der Waals surface area contributed by atoms with Crippen LogP contribution < -0.4 is 5.73 Å². The fraction of sp³-hybridized carbons (Fsp3) is 0.429. The number of ether oxygens (including phenoxy) is 1. The van der Waals surface area contributed by atoms with E-state index in [0.717, 1.165) is 17.0 Å². The Hall–Kier alpha value is -3.29. The van der Waals surface area contributed by atoms with E-state index in [4.69, 9.17) is 15.3 Å². The zero-order chi connectivity index (χ0) is 25.8. The third-order valence-electron chi connectivity index (χ3n) is 4.65. The van der Waals surface area contributed by atoms with Gasteiger partial charge in [0.15, 0.2) is 4.90 Å². The van der Waals surface area contributed by atoms with Gasteiger partial charge in [0.2, 0.25) is 5.91 Å². The van der Waals surface area contributed by atoms with Crippen LogP contribution in [0.15, 0.2) is 53.5 Å². The van der Waals surface area contributed by atoms with E-state index in [1.165, 1.54) is 31.2 Å². The molecule has 2 amide bonds. The first-order valence-electron chi connectivity index (χ1n) is 10.2. The lowest BCUT2D eigenvalue weighted by Gasteiger charge is -2.40. The van der Waals surface area contributed by atoms with Crippen LogP contribution in [0.3, 0.4) is 0 Å².